The number of thiocarbonyl (C=S) groups is 1. The van der Waals surface area contributed by atoms with Gasteiger partial charge >= 0.3 is 0 Å². The predicted molar refractivity (Wildman–Crippen MR) is 93.2 cm³/mol. The molecule has 0 spiro atoms. The molecule has 118 valence electrons. The smallest absolute Gasteiger partial charge is 0.171 e. The number of ether oxygens (including phenoxy) is 1. The van der Waals surface area contributed by atoms with Crippen molar-refractivity contribution in [2.45, 2.75) is 38.1 Å². The normalized spacial score (nSPS) is 35.2. The molecule has 4 bridgehead atoms. The van der Waals surface area contributed by atoms with Gasteiger partial charge in [-0.25, -0.2) is 0 Å². The molecule has 0 aromatic heterocycles. The third-order valence-electron chi connectivity index (χ3n) is 5.87. The Hall–Kier alpha value is -1.29. The molecule has 0 radical (unpaired) electrons. The minimum atomic E-state index is 0.589. The van der Waals surface area contributed by atoms with Crippen molar-refractivity contribution in [2.75, 3.05) is 12.4 Å². The van der Waals surface area contributed by atoms with Crippen molar-refractivity contribution in [2.24, 2.45) is 23.7 Å². The molecule has 0 amide bonds. The van der Waals surface area contributed by atoms with Crippen LogP contribution in [0.2, 0.25) is 0 Å². The summed E-state index contributed by atoms with van der Waals surface area (Å²) < 4.78 is 5.18. The van der Waals surface area contributed by atoms with E-state index in [1.54, 1.807) is 7.11 Å². The lowest BCUT2D eigenvalue weighted by molar-refractivity contribution is -0.00665. The summed E-state index contributed by atoms with van der Waals surface area (Å²) in [7, 11) is 1.68. The van der Waals surface area contributed by atoms with Crippen LogP contribution in [0, 0.1) is 23.7 Å². The molecule has 0 unspecified atom stereocenters. The van der Waals surface area contributed by atoms with E-state index in [4.69, 9.17) is 17.0 Å². The van der Waals surface area contributed by atoms with Gasteiger partial charge in [0.15, 0.2) is 5.11 Å². The quantitative estimate of drug-likeness (QED) is 0.831. The molecule has 22 heavy (non-hydrogen) atoms. The Morgan fingerprint density at radius 2 is 1.59 bits per heavy atom. The molecule has 5 rings (SSSR count). The summed E-state index contributed by atoms with van der Waals surface area (Å²) in [5.41, 5.74) is 1.02. The fourth-order valence-corrected chi connectivity index (χ4v) is 5.41. The molecule has 4 saturated carbocycles. The van der Waals surface area contributed by atoms with Crippen LogP contribution < -0.4 is 15.4 Å². The average Bonchev–Trinajstić information content (AvgIpc) is 2.51. The highest BCUT2D eigenvalue weighted by atomic mass is 32.1. The Balaban J connectivity index is 1.37. The Bertz CT molecular complexity index is 529. The van der Waals surface area contributed by atoms with E-state index in [9.17, 15) is 0 Å². The fraction of sp³-hybridized carbons (Fsp3) is 0.611. The summed E-state index contributed by atoms with van der Waals surface area (Å²) in [5, 5.41) is 7.71. The van der Waals surface area contributed by atoms with E-state index in [0.717, 1.165) is 40.2 Å². The van der Waals surface area contributed by atoms with E-state index in [2.05, 4.69) is 10.6 Å². The van der Waals surface area contributed by atoms with Crippen LogP contribution in [0.15, 0.2) is 24.3 Å². The Morgan fingerprint density at radius 3 is 2.14 bits per heavy atom. The second-order valence-corrected chi connectivity index (χ2v) is 7.69. The first-order valence-electron chi connectivity index (χ1n) is 8.43. The molecule has 1 aromatic rings. The summed E-state index contributed by atoms with van der Waals surface area (Å²) >= 11 is 5.54. The molecule has 4 aliphatic rings. The van der Waals surface area contributed by atoms with Gasteiger partial charge in [-0.2, -0.15) is 0 Å². The highest BCUT2D eigenvalue weighted by Gasteiger charge is 2.48. The third kappa shape index (κ3) is 2.69. The van der Waals surface area contributed by atoms with Crippen LogP contribution >= 0.6 is 12.2 Å². The van der Waals surface area contributed by atoms with E-state index in [1.165, 1.54) is 32.1 Å². The number of hydrogen-bond donors (Lipinski definition) is 2. The Morgan fingerprint density at radius 1 is 1.00 bits per heavy atom. The van der Waals surface area contributed by atoms with Gasteiger partial charge in [-0.3, -0.25) is 0 Å². The first-order valence-corrected chi connectivity index (χ1v) is 8.83. The largest absolute Gasteiger partial charge is 0.497 e. The molecule has 4 aliphatic carbocycles. The third-order valence-corrected chi connectivity index (χ3v) is 6.09. The predicted octanol–water partition coefficient (Wildman–Crippen LogP) is 3.81. The van der Waals surface area contributed by atoms with Crippen molar-refractivity contribution in [3.63, 3.8) is 0 Å². The van der Waals surface area contributed by atoms with Crippen molar-refractivity contribution in [1.29, 1.82) is 0 Å². The van der Waals surface area contributed by atoms with E-state index in [1.807, 2.05) is 24.3 Å². The lowest BCUT2D eigenvalue weighted by Crippen LogP contribution is -2.56. The van der Waals surface area contributed by atoms with Crippen LogP contribution in [0.1, 0.15) is 32.1 Å². The number of rotatable bonds is 3. The van der Waals surface area contributed by atoms with E-state index >= 15 is 0 Å². The summed E-state index contributed by atoms with van der Waals surface area (Å²) in [6.07, 6.45) is 7.14. The highest BCUT2D eigenvalue weighted by molar-refractivity contribution is 7.80. The second-order valence-electron chi connectivity index (χ2n) is 7.28. The van der Waals surface area contributed by atoms with Gasteiger partial charge in [-0.1, -0.05) is 0 Å². The van der Waals surface area contributed by atoms with Gasteiger partial charge in [0, 0.05) is 11.7 Å². The maximum atomic E-state index is 5.54. The molecule has 0 atom stereocenters. The van der Waals surface area contributed by atoms with Crippen LogP contribution in [0.4, 0.5) is 5.69 Å². The van der Waals surface area contributed by atoms with Gasteiger partial charge in [0.1, 0.15) is 5.75 Å². The van der Waals surface area contributed by atoms with E-state index in [-0.39, 0.29) is 0 Å². The van der Waals surface area contributed by atoms with Crippen molar-refractivity contribution in [1.82, 2.24) is 5.32 Å². The Kier molecular flexibility index (Phi) is 3.73. The van der Waals surface area contributed by atoms with Crippen LogP contribution in [0.3, 0.4) is 0 Å². The molecular weight excluding hydrogens is 292 g/mol. The molecule has 0 aliphatic heterocycles. The summed E-state index contributed by atoms with van der Waals surface area (Å²) in [4.78, 5) is 0. The van der Waals surface area contributed by atoms with Crippen LogP contribution in [0.5, 0.6) is 5.75 Å². The molecule has 1 aromatic carbocycles. The summed E-state index contributed by atoms with van der Waals surface area (Å²) in [6.45, 7) is 0. The fourth-order valence-electron chi connectivity index (χ4n) is 5.15. The first-order chi connectivity index (χ1) is 10.7. The minimum absolute atomic E-state index is 0.589. The van der Waals surface area contributed by atoms with Crippen molar-refractivity contribution >= 4 is 23.0 Å². The zero-order chi connectivity index (χ0) is 15.1. The topological polar surface area (TPSA) is 33.3 Å². The van der Waals surface area contributed by atoms with Gasteiger partial charge in [0.25, 0.3) is 0 Å². The maximum Gasteiger partial charge on any atom is 0.171 e. The molecular formula is C18H24N2OS. The zero-order valence-electron chi connectivity index (χ0n) is 13.0. The lowest BCUT2D eigenvalue weighted by Gasteiger charge is -2.54. The second kappa shape index (κ2) is 5.73. The number of hydrogen-bond acceptors (Lipinski definition) is 2. The SMILES string of the molecule is COc1ccc(NC(=S)NC2C3CC4CC(C3)CC2C4)cc1. The monoisotopic (exact) mass is 316 g/mol. The number of methoxy groups -OCH3 is 1. The molecule has 4 heteroatoms. The number of anilines is 1. The molecule has 3 nitrogen and oxygen atoms in total. The minimum Gasteiger partial charge on any atom is -0.497 e. The van der Waals surface area contributed by atoms with Crippen LogP contribution in [0.25, 0.3) is 0 Å². The van der Waals surface area contributed by atoms with Gasteiger partial charge < -0.3 is 15.4 Å². The van der Waals surface area contributed by atoms with Crippen molar-refractivity contribution in [3.8, 4) is 5.75 Å². The Labute approximate surface area is 137 Å². The van der Waals surface area contributed by atoms with Gasteiger partial charge in [0.2, 0.25) is 0 Å². The van der Waals surface area contributed by atoms with Gasteiger partial charge in [-0.05, 0) is 92.3 Å². The number of benzene rings is 1. The van der Waals surface area contributed by atoms with E-state index < -0.39 is 0 Å². The first kappa shape index (κ1) is 14.3. The highest BCUT2D eigenvalue weighted by Crippen LogP contribution is 2.53. The molecule has 4 fully saturated rings. The average molecular weight is 316 g/mol. The van der Waals surface area contributed by atoms with Crippen LogP contribution in [-0.4, -0.2) is 18.3 Å². The molecule has 0 heterocycles. The standard InChI is InChI=1S/C18H24N2OS/c1-21-16-4-2-15(3-5-16)19-18(22)20-17-13-7-11-6-12(9-13)10-14(17)8-11/h2-5,11-14,17H,6-10H2,1H3,(H2,19,20,22). The summed E-state index contributed by atoms with van der Waals surface area (Å²) in [5.74, 6) is 4.55. The molecule has 0 saturated heterocycles. The maximum absolute atomic E-state index is 5.54. The zero-order valence-corrected chi connectivity index (χ0v) is 13.9. The van der Waals surface area contributed by atoms with Gasteiger partial charge in [0.05, 0.1) is 7.11 Å². The lowest BCUT2D eigenvalue weighted by atomic mass is 9.54. The van der Waals surface area contributed by atoms with E-state index in [0.29, 0.717) is 6.04 Å². The summed E-state index contributed by atoms with van der Waals surface area (Å²) in [6, 6.07) is 8.50. The van der Waals surface area contributed by atoms with Crippen LogP contribution in [-0.2, 0) is 0 Å². The molecule has 2 N–H and O–H groups in total. The van der Waals surface area contributed by atoms with Crippen molar-refractivity contribution < 1.29 is 4.74 Å². The number of nitrogens with one attached hydrogen (secondary N) is 2. The van der Waals surface area contributed by atoms with Crippen molar-refractivity contribution in [3.05, 3.63) is 24.3 Å². The van der Waals surface area contributed by atoms with Gasteiger partial charge in [-0.15, -0.1) is 0 Å².